The van der Waals surface area contributed by atoms with Crippen molar-refractivity contribution in [2.75, 3.05) is 31.7 Å². The number of likely N-dealkylation sites (N-methyl/N-ethyl adjacent to an activating group) is 1. The van der Waals surface area contributed by atoms with Gasteiger partial charge >= 0.3 is 6.18 Å². The molecular formula is C33H33BrF3N5O5S. The highest BCUT2D eigenvalue weighted by Crippen LogP contribution is 2.42. The molecule has 0 spiro atoms. The van der Waals surface area contributed by atoms with Gasteiger partial charge in [0.1, 0.15) is 17.7 Å². The molecule has 1 atom stereocenters. The smallest absolute Gasteiger partial charge is 0.416 e. The van der Waals surface area contributed by atoms with Gasteiger partial charge in [0.05, 0.1) is 47.7 Å². The Hall–Kier alpha value is -4.18. The van der Waals surface area contributed by atoms with Crippen LogP contribution in [-0.4, -0.2) is 63.5 Å². The molecule has 0 amide bonds. The third-order valence-corrected chi connectivity index (χ3v) is 9.69. The van der Waals surface area contributed by atoms with Crippen molar-refractivity contribution >= 4 is 54.1 Å². The van der Waals surface area contributed by atoms with Crippen LogP contribution in [0, 0.1) is 0 Å². The first-order valence-corrected chi connectivity index (χ1v) is 17.1. The number of fused-ring (bicyclic) bond motifs is 4. The molecule has 2 aliphatic rings. The fourth-order valence-electron chi connectivity index (χ4n) is 5.78. The molecule has 2 aliphatic heterocycles. The molecule has 0 aromatic heterocycles. The van der Waals surface area contributed by atoms with Gasteiger partial charge in [0, 0.05) is 22.0 Å². The fraction of sp³-hybridized carbons (Fsp3) is 0.273. The van der Waals surface area contributed by atoms with Gasteiger partial charge in [0.25, 0.3) is 10.0 Å². The predicted molar refractivity (Wildman–Crippen MR) is 182 cm³/mol. The van der Waals surface area contributed by atoms with E-state index in [2.05, 4.69) is 25.8 Å². The molecule has 0 bridgehead atoms. The maximum atomic E-state index is 14.0. The van der Waals surface area contributed by atoms with E-state index in [4.69, 9.17) is 14.5 Å². The highest BCUT2D eigenvalue weighted by molar-refractivity contribution is 9.10. The van der Waals surface area contributed by atoms with Crippen LogP contribution in [0.15, 0.2) is 91.6 Å². The molecule has 1 fully saturated rings. The lowest BCUT2D eigenvalue weighted by Gasteiger charge is -2.27. The highest BCUT2D eigenvalue weighted by atomic mass is 79.9. The SMILES string of the molecule is CCCOc1cc(C(F)(F)F)ccc1C1=NCC2N(CC)NC(=NS(=O)(=O)c3cccc4ccccc34)N2c2cc(Br)cc(OC)c21.O. The van der Waals surface area contributed by atoms with Gasteiger partial charge < -0.3 is 14.9 Å². The average molecular weight is 749 g/mol. The van der Waals surface area contributed by atoms with E-state index < -0.39 is 27.9 Å². The summed E-state index contributed by atoms with van der Waals surface area (Å²) >= 11 is 3.55. The lowest BCUT2D eigenvalue weighted by Crippen LogP contribution is -2.43. The largest absolute Gasteiger partial charge is 0.496 e. The summed E-state index contributed by atoms with van der Waals surface area (Å²) in [6, 6.07) is 19.0. The fourth-order valence-corrected chi connectivity index (χ4v) is 7.38. The molecule has 10 nitrogen and oxygen atoms in total. The number of hydrazine groups is 1. The van der Waals surface area contributed by atoms with Crippen molar-refractivity contribution in [1.29, 1.82) is 0 Å². The predicted octanol–water partition coefficient (Wildman–Crippen LogP) is 6.16. The lowest BCUT2D eigenvalue weighted by atomic mass is 9.97. The first-order chi connectivity index (χ1) is 22.5. The van der Waals surface area contributed by atoms with Crippen molar-refractivity contribution in [1.82, 2.24) is 10.4 Å². The van der Waals surface area contributed by atoms with Gasteiger partial charge in [0.15, 0.2) is 0 Å². The van der Waals surface area contributed by atoms with Gasteiger partial charge in [-0.1, -0.05) is 66.2 Å². The van der Waals surface area contributed by atoms with Gasteiger partial charge in [-0.2, -0.15) is 26.6 Å². The van der Waals surface area contributed by atoms with E-state index in [-0.39, 0.29) is 35.2 Å². The summed E-state index contributed by atoms with van der Waals surface area (Å²) in [7, 11) is -2.77. The van der Waals surface area contributed by atoms with E-state index >= 15 is 0 Å². The van der Waals surface area contributed by atoms with E-state index in [1.54, 1.807) is 35.2 Å². The van der Waals surface area contributed by atoms with Crippen LogP contribution in [0.2, 0.25) is 0 Å². The Labute approximate surface area is 284 Å². The lowest BCUT2D eigenvalue weighted by molar-refractivity contribution is -0.137. The molecule has 4 aromatic carbocycles. The Morgan fingerprint density at radius 2 is 1.79 bits per heavy atom. The normalized spacial score (nSPS) is 17.2. The van der Waals surface area contributed by atoms with Crippen LogP contribution in [0.3, 0.4) is 0 Å². The number of guanidine groups is 1. The Morgan fingerprint density at radius 1 is 1.04 bits per heavy atom. The van der Waals surface area contributed by atoms with Gasteiger partial charge in [-0.3, -0.25) is 15.3 Å². The van der Waals surface area contributed by atoms with Crippen molar-refractivity contribution in [3.63, 3.8) is 0 Å². The topological polar surface area (TPSA) is 127 Å². The molecule has 15 heteroatoms. The maximum Gasteiger partial charge on any atom is 0.416 e. The summed E-state index contributed by atoms with van der Waals surface area (Å²) < 4.78 is 85.8. The van der Waals surface area contributed by atoms with Crippen LogP contribution in [-0.2, 0) is 16.2 Å². The zero-order chi connectivity index (χ0) is 33.5. The number of sulfonamides is 1. The summed E-state index contributed by atoms with van der Waals surface area (Å²) in [5.74, 6) is 0.426. The van der Waals surface area contributed by atoms with Crippen molar-refractivity contribution in [2.24, 2.45) is 9.39 Å². The molecular weight excluding hydrogens is 715 g/mol. The third-order valence-electron chi connectivity index (χ3n) is 7.91. The first kappa shape index (κ1) is 35.1. The summed E-state index contributed by atoms with van der Waals surface area (Å²) in [6.45, 7) is 4.51. The number of halogens is 4. The van der Waals surface area contributed by atoms with Gasteiger partial charge in [-0.15, -0.1) is 4.40 Å². The van der Waals surface area contributed by atoms with Crippen LogP contribution in [0.25, 0.3) is 10.8 Å². The summed E-state index contributed by atoms with van der Waals surface area (Å²) in [6.07, 6.45) is -4.55. The van der Waals surface area contributed by atoms with Gasteiger partial charge in [-0.25, -0.2) is 0 Å². The van der Waals surface area contributed by atoms with Gasteiger partial charge in [-0.05, 0) is 48.2 Å². The molecule has 254 valence electrons. The highest BCUT2D eigenvalue weighted by Gasteiger charge is 2.42. The summed E-state index contributed by atoms with van der Waals surface area (Å²) in [5, 5.41) is 3.10. The molecule has 48 heavy (non-hydrogen) atoms. The first-order valence-electron chi connectivity index (χ1n) is 14.9. The molecule has 6 rings (SSSR count). The standard InChI is InChI=1S/C33H31BrF3N5O4S.H2O/c1-4-15-46-26-16-21(33(35,36)37)13-14-24(26)31-30-25(17-22(34)18-27(30)45-3)42-29(19-38-31)41(5-2)39-32(42)40-47(43,44)28-12-8-10-20-9-6-7-11-23(20)28;/h6-14,16-18,29H,4-5,15,19H2,1-3H3,(H,39,40);1H2. The minimum Gasteiger partial charge on any atom is -0.496 e. The van der Waals surface area contributed by atoms with E-state index in [9.17, 15) is 21.6 Å². The van der Waals surface area contributed by atoms with E-state index in [1.165, 1.54) is 19.2 Å². The molecule has 1 unspecified atom stereocenters. The van der Waals surface area contributed by atoms with Crippen molar-refractivity contribution in [2.45, 2.75) is 37.5 Å². The third kappa shape index (κ3) is 6.46. The molecule has 4 aromatic rings. The molecule has 3 N–H and O–H groups in total. The average Bonchev–Trinajstić information content (AvgIpc) is 3.29. The van der Waals surface area contributed by atoms with Crippen LogP contribution in [0.1, 0.15) is 37.0 Å². The number of methoxy groups -OCH3 is 1. The van der Waals surface area contributed by atoms with Crippen molar-refractivity contribution in [3.8, 4) is 11.5 Å². The maximum absolute atomic E-state index is 14.0. The Kier molecular flexibility index (Phi) is 10.1. The Balaban J connectivity index is 0.00000451. The number of ether oxygens (including phenoxy) is 2. The zero-order valence-electron chi connectivity index (χ0n) is 26.2. The molecule has 1 saturated heterocycles. The second kappa shape index (κ2) is 13.7. The summed E-state index contributed by atoms with van der Waals surface area (Å²) in [4.78, 5) is 6.73. The second-order valence-electron chi connectivity index (χ2n) is 10.9. The number of aliphatic imine (C=N–C) groups is 1. The van der Waals surface area contributed by atoms with E-state index in [0.717, 1.165) is 17.5 Å². The summed E-state index contributed by atoms with van der Waals surface area (Å²) in [5.41, 5.74) is 3.91. The van der Waals surface area contributed by atoms with E-state index in [1.807, 2.05) is 37.1 Å². The number of nitrogens with zero attached hydrogens (tertiary/aromatic N) is 4. The van der Waals surface area contributed by atoms with E-state index in [0.29, 0.717) is 51.1 Å². The van der Waals surface area contributed by atoms with Crippen LogP contribution in [0.4, 0.5) is 18.9 Å². The molecule has 0 aliphatic carbocycles. The Morgan fingerprint density at radius 3 is 2.50 bits per heavy atom. The number of hydrogen-bond donors (Lipinski definition) is 1. The molecule has 2 heterocycles. The number of hydrogen-bond acceptors (Lipinski definition) is 6. The van der Waals surface area contributed by atoms with Crippen LogP contribution in [0.5, 0.6) is 11.5 Å². The van der Waals surface area contributed by atoms with Gasteiger partial charge in [0.2, 0.25) is 5.96 Å². The number of anilines is 1. The Bertz CT molecular complexity index is 2020. The zero-order valence-corrected chi connectivity index (χ0v) is 28.6. The van der Waals surface area contributed by atoms with Crippen molar-refractivity contribution < 1.29 is 36.5 Å². The van der Waals surface area contributed by atoms with Crippen molar-refractivity contribution in [3.05, 3.63) is 94.0 Å². The minimum atomic E-state index is -4.58. The number of benzene rings is 4. The molecule has 0 saturated carbocycles. The number of alkyl halides is 3. The number of nitrogens with one attached hydrogen (secondary N) is 1. The minimum absolute atomic E-state index is 0. The second-order valence-corrected chi connectivity index (χ2v) is 13.4. The monoisotopic (exact) mass is 747 g/mol. The van der Waals surface area contributed by atoms with Crippen LogP contribution < -0.4 is 19.8 Å². The van der Waals surface area contributed by atoms with Crippen LogP contribution >= 0.6 is 15.9 Å². The number of rotatable bonds is 8. The quantitative estimate of drug-likeness (QED) is 0.229. The molecule has 0 radical (unpaired) electrons.